The molecule has 0 saturated heterocycles. The summed E-state index contributed by atoms with van der Waals surface area (Å²) in [7, 11) is 1.64. The number of para-hydroxylation sites is 1. The van der Waals surface area contributed by atoms with Crippen LogP contribution in [0.15, 0.2) is 90.1 Å². The zero-order chi connectivity index (χ0) is 22.2. The van der Waals surface area contributed by atoms with E-state index in [2.05, 4.69) is 27.6 Å². The monoisotopic (exact) mass is 444 g/mol. The zero-order valence-electron chi connectivity index (χ0n) is 17.8. The SMILES string of the molecule is COc1ccccc1-c1nnc(SCC(=O)NCc2ccccc2)n1Cc1ccccc1. The lowest BCUT2D eigenvalue weighted by molar-refractivity contribution is -0.118. The predicted octanol–water partition coefficient (Wildman–Crippen LogP) is 4.41. The van der Waals surface area contributed by atoms with E-state index in [1.54, 1.807) is 7.11 Å². The smallest absolute Gasteiger partial charge is 0.230 e. The molecule has 0 unspecified atom stereocenters. The first kappa shape index (κ1) is 21.6. The van der Waals surface area contributed by atoms with Gasteiger partial charge in [0.1, 0.15) is 5.75 Å². The van der Waals surface area contributed by atoms with Crippen LogP contribution in [-0.2, 0) is 17.9 Å². The van der Waals surface area contributed by atoms with Crippen LogP contribution < -0.4 is 10.1 Å². The minimum Gasteiger partial charge on any atom is -0.496 e. The molecule has 0 aliphatic carbocycles. The molecule has 1 heterocycles. The Bertz CT molecular complexity index is 1160. The lowest BCUT2D eigenvalue weighted by Crippen LogP contribution is -2.24. The lowest BCUT2D eigenvalue weighted by Gasteiger charge is -2.12. The number of carbonyl (C=O) groups excluding carboxylic acids is 1. The highest BCUT2D eigenvalue weighted by atomic mass is 32.2. The maximum absolute atomic E-state index is 12.4. The van der Waals surface area contributed by atoms with Crippen LogP contribution in [0.4, 0.5) is 0 Å². The molecule has 4 aromatic rings. The third kappa shape index (κ3) is 5.36. The number of benzene rings is 3. The normalized spacial score (nSPS) is 10.7. The van der Waals surface area contributed by atoms with Crippen molar-refractivity contribution in [3.05, 3.63) is 96.1 Å². The Kier molecular flexibility index (Phi) is 7.19. The molecule has 32 heavy (non-hydrogen) atoms. The topological polar surface area (TPSA) is 69.0 Å². The molecule has 0 aliphatic heterocycles. The molecule has 6 nitrogen and oxygen atoms in total. The molecular formula is C25H24N4O2S. The summed E-state index contributed by atoms with van der Waals surface area (Å²) in [6.07, 6.45) is 0. The van der Waals surface area contributed by atoms with Crippen molar-refractivity contribution >= 4 is 17.7 Å². The number of rotatable bonds is 9. The van der Waals surface area contributed by atoms with Crippen molar-refractivity contribution in [2.24, 2.45) is 0 Å². The van der Waals surface area contributed by atoms with Gasteiger partial charge in [0.2, 0.25) is 5.91 Å². The number of hydrogen-bond donors (Lipinski definition) is 1. The van der Waals surface area contributed by atoms with Crippen molar-refractivity contribution in [3.63, 3.8) is 0 Å². The van der Waals surface area contributed by atoms with Crippen molar-refractivity contribution in [2.75, 3.05) is 12.9 Å². The molecule has 1 N–H and O–H groups in total. The fraction of sp³-hybridized carbons (Fsp3) is 0.160. The van der Waals surface area contributed by atoms with Crippen LogP contribution in [-0.4, -0.2) is 33.5 Å². The third-order valence-corrected chi connectivity index (χ3v) is 5.88. The summed E-state index contributed by atoms with van der Waals surface area (Å²) in [4.78, 5) is 12.4. The molecular weight excluding hydrogens is 420 g/mol. The minimum atomic E-state index is -0.0491. The summed E-state index contributed by atoms with van der Waals surface area (Å²) in [5, 5.41) is 12.5. The van der Waals surface area contributed by atoms with E-state index in [4.69, 9.17) is 4.74 Å². The third-order valence-electron chi connectivity index (χ3n) is 4.91. The Balaban J connectivity index is 1.53. The summed E-state index contributed by atoms with van der Waals surface area (Å²) >= 11 is 1.37. The maximum Gasteiger partial charge on any atom is 0.230 e. The fourth-order valence-corrected chi connectivity index (χ4v) is 4.08. The number of aromatic nitrogens is 3. The van der Waals surface area contributed by atoms with Crippen molar-refractivity contribution in [3.8, 4) is 17.1 Å². The van der Waals surface area contributed by atoms with Gasteiger partial charge in [-0.05, 0) is 23.3 Å². The first-order valence-electron chi connectivity index (χ1n) is 10.3. The number of amides is 1. The molecule has 0 aliphatic rings. The second-order valence-electron chi connectivity index (χ2n) is 7.13. The summed E-state index contributed by atoms with van der Waals surface area (Å²) in [6, 6.07) is 27.7. The molecule has 3 aromatic carbocycles. The van der Waals surface area contributed by atoms with E-state index in [1.807, 2.05) is 77.4 Å². The van der Waals surface area contributed by atoms with E-state index in [0.29, 0.717) is 24.1 Å². The molecule has 0 atom stereocenters. The van der Waals surface area contributed by atoms with Crippen LogP contribution >= 0.6 is 11.8 Å². The van der Waals surface area contributed by atoms with Gasteiger partial charge in [-0.25, -0.2) is 0 Å². The lowest BCUT2D eigenvalue weighted by atomic mass is 10.1. The molecule has 0 spiro atoms. The van der Waals surface area contributed by atoms with Gasteiger partial charge in [0.25, 0.3) is 0 Å². The summed E-state index contributed by atoms with van der Waals surface area (Å²) < 4.78 is 7.56. The number of ether oxygens (including phenoxy) is 1. The van der Waals surface area contributed by atoms with Gasteiger partial charge < -0.3 is 10.1 Å². The highest BCUT2D eigenvalue weighted by Gasteiger charge is 2.18. The average molecular weight is 445 g/mol. The second kappa shape index (κ2) is 10.6. The minimum absolute atomic E-state index is 0.0491. The molecule has 0 bridgehead atoms. The largest absolute Gasteiger partial charge is 0.496 e. The van der Waals surface area contributed by atoms with Crippen LogP contribution in [0.2, 0.25) is 0 Å². The quantitative estimate of drug-likeness (QED) is 0.387. The van der Waals surface area contributed by atoms with Crippen LogP contribution in [0.5, 0.6) is 5.75 Å². The Hall–Kier alpha value is -3.58. The van der Waals surface area contributed by atoms with Gasteiger partial charge in [-0.1, -0.05) is 84.6 Å². The zero-order valence-corrected chi connectivity index (χ0v) is 18.6. The van der Waals surface area contributed by atoms with Gasteiger partial charge in [0.15, 0.2) is 11.0 Å². The van der Waals surface area contributed by atoms with Gasteiger partial charge in [-0.15, -0.1) is 10.2 Å². The van der Waals surface area contributed by atoms with E-state index in [1.165, 1.54) is 11.8 Å². The molecule has 0 saturated carbocycles. The number of hydrogen-bond acceptors (Lipinski definition) is 5. The van der Waals surface area contributed by atoms with Crippen molar-refractivity contribution in [1.29, 1.82) is 0 Å². The highest BCUT2D eigenvalue weighted by molar-refractivity contribution is 7.99. The summed E-state index contributed by atoms with van der Waals surface area (Å²) in [5.74, 6) is 1.64. The Morgan fingerprint density at radius 2 is 1.56 bits per heavy atom. The Labute approximate surface area is 191 Å². The van der Waals surface area contributed by atoms with E-state index < -0.39 is 0 Å². The standard InChI is InChI=1S/C25H24N4O2S/c1-31-22-15-9-8-14-21(22)24-27-28-25(29(24)17-20-12-6-3-7-13-20)32-18-23(30)26-16-19-10-4-2-5-11-19/h2-15H,16-18H2,1H3,(H,26,30). The molecule has 0 radical (unpaired) electrons. The maximum atomic E-state index is 12.4. The van der Waals surface area contributed by atoms with Gasteiger partial charge in [0, 0.05) is 6.54 Å². The molecule has 4 rings (SSSR count). The first-order valence-corrected chi connectivity index (χ1v) is 11.3. The van der Waals surface area contributed by atoms with E-state index >= 15 is 0 Å². The van der Waals surface area contributed by atoms with Crippen LogP contribution in [0.1, 0.15) is 11.1 Å². The van der Waals surface area contributed by atoms with Gasteiger partial charge in [-0.2, -0.15) is 0 Å². The number of nitrogens with one attached hydrogen (secondary N) is 1. The number of carbonyl (C=O) groups is 1. The average Bonchev–Trinajstić information content (AvgIpc) is 3.24. The fourth-order valence-electron chi connectivity index (χ4n) is 3.31. The first-order chi connectivity index (χ1) is 15.7. The summed E-state index contributed by atoms with van der Waals surface area (Å²) in [6.45, 7) is 1.10. The van der Waals surface area contributed by atoms with Crippen LogP contribution in [0.25, 0.3) is 11.4 Å². The molecule has 0 fully saturated rings. The highest BCUT2D eigenvalue weighted by Crippen LogP contribution is 2.31. The second-order valence-corrected chi connectivity index (χ2v) is 8.07. The van der Waals surface area contributed by atoms with E-state index in [0.717, 1.165) is 22.4 Å². The van der Waals surface area contributed by atoms with E-state index in [9.17, 15) is 4.79 Å². The Morgan fingerprint density at radius 1 is 0.906 bits per heavy atom. The van der Waals surface area contributed by atoms with Crippen molar-refractivity contribution in [2.45, 2.75) is 18.2 Å². The number of methoxy groups -OCH3 is 1. The van der Waals surface area contributed by atoms with Crippen molar-refractivity contribution < 1.29 is 9.53 Å². The molecule has 1 aromatic heterocycles. The van der Waals surface area contributed by atoms with Crippen molar-refractivity contribution in [1.82, 2.24) is 20.1 Å². The van der Waals surface area contributed by atoms with E-state index in [-0.39, 0.29) is 11.7 Å². The Morgan fingerprint density at radius 3 is 2.28 bits per heavy atom. The molecule has 7 heteroatoms. The van der Waals surface area contributed by atoms with Gasteiger partial charge in [-0.3, -0.25) is 9.36 Å². The molecule has 162 valence electrons. The molecule has 1 amide bonds. The van der Waals surface area contributed by atoms with Crippen LogP contribution in [0, 0.1) is 0 Å². The van der Waals surface area contributed by atoms with Gasteiger partial charge in [0.05, 0.1) is 25.0 Å². The predicted molar refractivity (Wildman–Crippen MR) is 127 cm³/mol. The van der Waals surface area contributed by atoms with Crippen LogP contribution in [0.3, 0.4) is 0 Å². The van der Waals surface area contributed by atoms with Gasteiger partial charge >= 0.3 is 0 Å². The number of thioether (sulfide) groups is 1. The summed E-state index contributed by atoms with van der Waals surface area (Å²) in [5.41, 5.74) is 3.05. The number of nitrogens with zero attached hydrogens (tertiary/aromatic N) is 3.